The second kappa shape index (κ2) is 6.86. The Balaban J connectivity index is 1.81. The number of hydrogen-bond acceptors (Lipinski definition) is 3. The third-order valence-corrected chi connectivity index (χ3v) is 3.78. The highest BCUT2D eigenvalue weighted by atomic mass is 32.1. The van der Waals surface area contributed by atoms with Crippen molar-refractivity contribution in [2.75, 3.05) is 0 Å². The van der Waals surface area contributed by atoms with E-state index in [-0.39, 0.29) is 11.5 Å². The topological polar surface area (TPSA) is 66.4 Å². The monoisotopic (exact) mass is 289 g/mol. The predicted octanol–water partition coefficient (Wildman–Crippen LogP) is 2.70. The zero-order valence-electron chi connectivity index (χ0n) is 10.8. The molecule has 0 saturated carbocycles. The molecule has 0 radical (unpaired) electrons. The molecule has 20 heavy (non-hydrogen) atoms. The first-order valence-electron chi connectivity index (χ1n) is 6.26. The van der Waals surface area contributed by atoms with E-state index in [1.165, 1.54) is 10.9 Å². The number of nitrogens with one attached hydrogen (secondary N) is 1. The van der Waals surface area contributed by atoms with Gasteiger partial charge in [0.1, 0.15) is 0 Å². The molecule has 0 fully saturated rings. The van der Waals surface area contributed by atoms with Crippen LogP contribution in [0.4, 0.5) is 0 Å². The fourth-order valence-electron chi connectivity index (χ4n) is 1.79. The van der Waals surface area contributed by atoms with Gasteiger partial charge < -0.3 is 10.4 Å². The Hall–Kier alpha value is -2.14. The highest BCUT2D eigenvalue weighted by molar-refractivity contribution is 7.09. The minimum absolute atomic E-state index is 0.0286. The summed E-state index contributed by atoms with van der Waals surface area (Å²) in [5.74, 6) is -0.991. The number of carbonyl (C=O) groups excluding carboxylic acids is 1. The second-order valence-corrected chi connectivity index (χ2v) is 5.39. The molecule has 0 aliphatic rings. The first-order chi connectivity index (χ1) is 9.65. The van der Waals surface area contributed by atoms with Crippen LogP contribution in [0.25, 0.3) is 0 Å². The van der Waals surface area contributed by atoms with Gasteiger partial charge in [-0.1, -0.05) is 18.2 Å². The van der Waals surface area contributed by atoms with Gasteiger partial charge in [0.15, 0.2) is 0 Å². The normalized spacial score (nSPS) is 10.2. The molecule has 1 aromatic heterocycles. The van der Waals surface area contributed by atoms with Crippen molar-refractivity contribution < 1.29 is 14.7 Å². The maximum absolute atomic E-state index is 11.7. The van der Waals surface area contributed by atoms with Crippen molar-refractivity contribution in [3.05, 3.63) is 57.8 Å². The van der Waals surface area contributed by atoms with Crippen molar-refractivity contribution in [2.24, 2.45) is 0 Å². The van der Waals surface area contributed by atoms with Gasteiger partial charge in [0.25, 0.3) is 0 Å². The Labute approximate surface area is 121 Å². The molecule has 0 unspecified atom stereocenters. The van der Waals surface area contributed by atoms with E-state index in [1.807, 2.05) is 17.5 Å². The molecule has 0 spiro atoms. The fourth-order valence-corrected chi connectivity index (χ4v) is 2.50. The first kappa shape index (κ1) is 14.3. The van der Waals surface area contributed by atoms with Crippen molar-refractivity contribution >= 4 is 23.2 Å². The summed E-state index contributed by atoms with van der Waals surface area (Å²) in [7, 11) is 0. The average Bonchev–Trinajstić information content (AvgIpc) is 2.96. The SMILES string of the molecule is O=C(CCc1cccs1)NCc1cccc(C(=O)O)c1. The average molecular weight is 289 g/mol. The van der Waals surface area contributed by atoms with E-state index in [1.54, 1.807) is 29.5 Å². The van der Waals surface area contributed by atoms with Crippen molar-refractivity contribution in [1.29, 1.82) is 0 Å². The molecule has 0 aliphatic heterocycles. The quantitative estimate of drug-likeness (QED) is 0.859. The van der Waals surface area contributed by atoms with Crippen LogP contribution in [0.15, 0.2) is 41.8 Å². The lowest BCUT2D eigenvalue weighted by molar-refractivity contribution is -0.121. The minimum Gasteiger partial charge on any atom is -0.478 e. The zero-order valence-corrected chi connectivity index (χ0v) is 11.7. The molecule has 1 heterocycles. The molecule has 1 aromatic carbocycles. The highest BCUT2D eigenvalue weighted by Crippen LogP contribution is 2.11. The largest absolute Gasteiger partial charge is 0.478 e. The molecule has 0 saturated heterocycles. The number of rotatable bonds is 6. The van der Waals surface area contributed by atoms with E-state index < -0.39 is 5.97 Å². The Kier molecular flexibility index (Phi) is 4.90. The van der Waals surface area contributed by atoms with Crippen molar-refractivity contribution in [3.63, 3.8) is 0 Å². The fraction of sp³-hybridized carbons (Fsp3) is 0.200. The molecule has 2 aromatic rings. The van der Waals surface area contributed by atoms with E-state index in [4.69, 9.17) is 5.11 Å². The predicted molar refractivity (Wildman–Crippen MR) is 77.9 cm³/mol. The number of carbonyl (C=O) groups is 2. The van der Waals surface area contributed by atoms with Crippen LogP contribution in [-0.2, 0) is 17.8 Å². The van der Waals surface area contributed by atoms with Crippen molar-refractivity contribution in [3.8, 4) is 0 Å². The lowest BCUT2D eigenvalue weighted by atomic mass is 10.1. The molecule has 0 aliphatic carbocycles. The van der Waals surface area contributed by atoms with Crippen LogP contribution in [0.5, 0.6) is 0 Å². The summed E-state index contributed by atoms with van der Waals surface area (Å²) in [5.41, 5.74) is 1.02. The maximum Gasteiger partial charge on any atom is 0.335 e. The van der Waals surface area contributed by atoms with E-state index in [0.29, 0.717) is 13.0 Å². The van der Waals surface area contributed by atoms with Crippen LogP contribution in [0.3, 0.4) is 0 Å². The number of carboxylic acid groups (broad SMARTS) is 1. The maximum atomic E-state index is 11.7. The molecule has 5 heteroatoms. The molecule has 1 amide bonds. The molecular formula is C15H15NO3S. The number of aryl methyl sites for hydroxylation is 1. The van der Waals surface area contributed by atoms with Crippen LogP contribution in [0, 0.1) is 0 Å². The Bertz CT molecular complexity index is 593. The molecule has 2 N–H and O–H groups in total. The van der Waals surface area contributed by atoms with Gasteiger partial charge in [0.05, 0.1) is 5.56 Å². The van der Waals surface area contributed by atoms with E-state index >= 15 is 0 Å². The second-order valence-electron chi connectivity index (χ2n) is 4.36. The summed E-state index contributed by atoms with van der Waals surface area (Å²) in [6, 6.07) is 10.6. The van der Waals surface area contributed by atoms with Crippen LogP contribution < -0.4 is 5.32 Å². The number of aromatic carboxylic acids is 1. The van der Waals surface area contributed by atoms with E-state index in [0.717, 1.165) is 12.0 Å². The summed E-state index contributed by atoms with van der Waals surface area (Å²) in [4.78, 5) is 23.7. The number of benzene rings is 1. The zero-order chi connectivity index (χ0) is 14.4. The van der Waals surface area contributed by atoms with Crippen molar-refractivity contribution in [2.45, 2.75) is 19.4 Å². The van der Waals surface area contributed by atoms with Crippen LogP contribution in [0.2, 0.25) is 0 Å². The third-order valence-electron chi connectivity index (χ3n) is 2.84. The van der Waals surface area contributed by atoms with Gasteiger partial charge in [-0.15, -0.1) is 11.3 Å². The summed E-state index contributed by atoms with van der Waals surface area (Å²) in [5, 5.41) is 13.7. The summed E-state index contributed by atoms with van der Waals surface area (Å²) in [6.45, 7) is 0.352. The van der Waals surface area contributed by atoms with Crippen molar-refractivity contribution in [1.82, 2.24) is 5.32 Å². The lowest BCUT2D eigenvalue weighted by Crippen LogP contribution is -2.23. The van der Waals surface area contributed by atoms with Gasteiger partial charge in [0.2, 0.25) is 5.91 Å². The highest BCUT2D eigenvalue weighted by Gasteiger charge is 2.05. The molecular weight excluding hydrogens is 274 g/mol. The van der Waals surface area contributed by atoms with Gasteiger partial charge >= 0.3 is 5.97 Å². The standard InChI is InChI=1S/C15H15NO3S/c17-14(7-6-13-5-2-8-20-13)16-10-11-3-1-4-12(9-11)15(18)19/h1-5,8-9H,6-7,10H2,(H,16,17)(H,18,19). The number of carboxylic acids is 1. The van der Waals surface area contributed by atoms with Crippen LogP contribution >= 0.6 is 11.3 Å². The molecule has 0 atom stereocenters. The summed E-state index contributed by atoms with van der Waals surface area (Å²) in [6.07, 6.45) is 1.18. The molecule has 4 nitrogen and oxygen atoms in total. The minimum atomic E-state index is -0.962. The van der Waals surface area contributed by atoms with Crippen LogP contribution in [0.1, 0.15) is 27.2 Å². The third kappa shape index (κ3) is 4.20. The first-order valence-corrected chi connectivity index (χ1v) is 7.14. The Morgan fingerprint density at radius 1 is 1.20 bits per heavy atom. The summed E-state index contributed by atoms with van der Waals surface area (Å²) >= 11 is 1.64. The molecule has 2 rings (SSSR count). The summed E-state index contributed by atoms with van der Waals surface area (Å²) < 4.78 is 0. The Morgan fingerprint density at radius 2 is 2.05 bits per heavy atom. The number of amides is 1. The molecule has 104 valence electrons. The van der Waals surface area contributed by atoms with Gasteiger partial charge in [-0.3, -0.25) is 4.79 Å². The number of thiophene rings is 1. The van der Waals surface area contributed by atoms with Crippen LogP contribution in [-0.4, -0.2) is 17.0 Å². The van der Waals surface area contributed by atoms with Gasteiger partial charge in [-0.2, -0.15) is 0 Å². The van der Waals surface area contributed by atoms with E-state index in [2.05, 4.69) is 5.32 Å². The lowest BCUT2D eigenvalue weighted by Gasteiger charge is -2.05. The number of hydrogen-bond donors (Lipinski definition) is 2. The van der Waals surface area contributed by atoms with Gasteiger partial charge in [0, 0.05) is 17.8 Å². The van der Waals surface area contributed by atoms with Gasteiger partial charge in [-0.25, -0.2) is 4.79 Å². The van der Waals surface area contributed by atoms with Gasteiger partial charge in [-0.05, 0) is 35.6 Å². The smallest absolute Gasteiger partial charge is 0.335 e. The van der Waals surface area contributed by atoms with E-state index in [9.17, 15) is 9.59 Å². The Morgan fingerprint density at radius 3 is 2.75 bits per heavy atom. The molecule has 0 bridgehead atoms.